The second-order valence-electron chi connectivity index (χ2n) is 5.10. The second kappa shape index (κ2) is 4.61. The summed E-state index contributed by atoms with van der Waals surface area (Å²) in [6.45, 7) is 6.19. The van der Waals surface area contributed by atoms with Gasteiger partial charge in [-0.1, -0.05) is 0 Å². The van der Waals surface area contributed by atoms with Crippen molar-refractivity contribution in [2.24, 2.45) is 0 Å². The molecule has 0 spiro atoms. The smallest absolute Gasteiger partial charge is 0.254 e. The Bertz CT molecular complexity index is 468. The number of aliphatic hydroxyl groups is 1. The average Bonchev–Trinajstić information content (AvgIpc) is 2.19. The molecule has 0 unspecified atom stereocenters. The maximum atomic E-state index is 13.4. The van der Waals surface area contributed by atoms with Crippen molar-refractivity contribution in [2.45, 2.75) is 38.8 Å². The Kier molecular flexibility index (Phi) is 3.71. The summed E-state index contributed by atoms with van der Waals surface area (Å²) < 4.78 is 26.3. The van der Waals surface area contributed by atoms with Gasteiger partial charge in [0.25, 0.3) is 5.91 Å². The predicted octanol–water partition coefficient (Wildman–Crippen LogP) is 1.64. The van der Waals surface area contributed by atoms with E-state index in [1.54, 1.807) is 13.8 Å². The molecular weight excluding hydrogens is 242 g/mol. The van der Waals surface area contributed by atoms with Gasteiger partial charge in [-0.05, 0) is 33.8 Å². The van der Waals surface area contributed by atoms with Crippen LogP contribution in [0.4, 0.5) is 8.78 Å². The van der Waals surface area contributed by atoms with E-state index in [4.69, 9.17) is 0 Å². The molecule has 6 heteroatoms. The molecule has 0 fully saturated rings. The highest BCUT2D eigenvalue weighted by molar-refractivity contribution is 5.94. The summed E-state index contributed by atoms with van der Waals surface area (Å²) in [5.74, 6) is -3.44. The molecule has 1 rings (SSSR count). The largest absolute Gasteiger partial charge is 0.388 e. The summed E-state index contributed by atoms with van der Waals surface area (Å²) in [5.41, 5.74) is -2.67. The van der Waals surface area contributed by atoms with Crippen LogP contribution >= 0.6 is 0 Å². The van der Waals surface area contributed by atoms with Gasteiger partial charge in [-0.25, -0.2) is 9.37 Å². The highest BCUT2D eigenvalue weighted by Gasteiger charge is 2.37. The van der Waals surface area contributed by atoms with Gasteiger partial charge in [0.05, 0.1) is 16.7 Å². The first kappa shape index (κ1) is 14.5. The van der Waals surface area contributed by atoms with E-state index in [0.29, 0.717) is 0 Å². The average molecular weight is 258 g/mol. The molecule has 4 nitrogen and oxygen atoms in total. The SMILES string of the molecule is CC(C)(O)C(C)(C)NC(=O)c1ccnc(F)c1F. The van der Waals surface area contributed by atoms with Gasteiger partial charge in [-0.15, -0.1) is 0 Å². The van der Waals surface area contributed by atoms with Crippen LogP contribution in [0, 0.1) is 11.8 Å². The number of amides is 1. The molecule has 1 aromatic heterocycles. The van der Waals surface area contributed by atoms with Crippen molar-refractivity contribution in [3.8, 4) is 0 Å². The first-order valence-electron chi connectivity index (χ1n) is 5.41. The minimum absolute atomic E-state index is 0.445. The zero-order valence-corrected chi connectivity index (χ0v) is 10.7. The van der Waals surface area contributed by atoms with Gasteiger partial charge in [-0.3, -0.25) is 4.79 Å². The van der Waals surface area contributed by atoms with Crippen molar-refractivity contribution < 1.29 is 18.7 Å². The lowest BCUT2D eigenvalue weighted by molar-refractivity contribution is -0.00302. The molecule has 1 amide bonds. The number of pyridine rings is 1. The van der Waals surface area contributed by atoms with Crippen LogP contribution in [0.25, 0.3) is 0 Å². The summed E-state index contributed by atoms with van der Waals surface area (Å²) in [4.78, 5) is 14.9. The number of nitrogens with one attached hydrogen (secondary N) is 1. The third-order valence-corrected chi connectivity index (χ3v) is 3.05. The van der Waals surface area contributed by atoms with E-state index in [2.05, 4.69) is 10.3 Å². The lowest BCUT2D eigenvalue weighted by atomic mass is 9.86. The Morgan fingerprint density at radius 1 is 1.33 bits per heavy atom. The number of nitrogens with zero attached hydrogens (tertiary/aromatic N) is 1. The van der Waals surface area contributed by atoms with Gasteiger partial charge in [0.2, 0.25) is 5.95 Å². The molecule has 0 bridgehead atoms. The number of rotatable bonds is 3. The summed E-state index contributed by atoms with van der Waals surface area (Å²) in [7, 11) is 0. The fraction of sp³-hybridized carbons (Fsp3) is 0.500. The first-order chi connectivity index (χ1) is 8.06. The highest BCUT2D eigenvalue weighted by Crippen LogP contribution is 2.21. The molecule has 0 saturated heterocycles. The molecule has 1 heterocycles. The molecule has 1 aromatic rings. The number of hydrogen-bond donors (Lipinski definition) is 2. The molecule has 0 aliphatic carbocycles. The molecular formula is C12H16F2N2O2. The quantitative estimate of drug-likeness (QED) is 0.810. The molecule has 0 aliphatic heterocycles. The molecule has 18 heavy (non-hydrogen) atoms. The van der Waals surface area contributed by atoms with Gasteiger partial charge in [0, 0.05) is 6.20 Å². The second-order valence-corrected chi connectivity index (χ2v) is 5.10. The summed E-state index contributed by atoms with van der Waals surface area (Å²) in [6.07, 6.45) is 1.00. The van der Waals surface area contributed by atoms with Crippen LogP contribution in [0.5, 0.6) is 0 Å². The van der Waals surface area contributed by atoms with Crippen LogP contribution in [0.1, 0.15) is 38.1 Å². The zero-order valence-electron chi connectivity index (χ0n) is 10.7. The van der Waals surface area contributed by atoms with Crippen LogP contribution < -0.4 is 5.32 Å². The third-order valence-electron chi connectivity index (χ3n) is 3.05. The highest BCUT2D eigenvalue weighted by atomic mass is 19.2. The fourth-order valence-electron chi connectivity index (χ4n) is 1.10. The van der Waals surface area contributed by atoms with Crippen LogP contribution in [0.3, 0.4) is 0 Å². The van der Waals surface area contributed by atoms with Crippen LogP contribution in [-0.4, -0.2) is 27.1 Å². The van der Waals surface area contributed by atoms with Gasteiger partial charge in [0.1, 0.15) is 0 Å². The standard InChI is InChI=1S/C12H16F2N2O2/c1-11(2,12(3,4)18)16-10(17)7-5-6-15-9(14)8(7)13/h5-6,18H,1-4H3,(H,16,17). The normalized spacial score (nSPS) is 12.4. The lowest BCUT2D eigenvalue weighted by Gasteiger charge is -2.38. The van der Waals surface area contributed by atoms with E-state index in [1.807, 2.05) is 0 Å². The zero-order chi connectivity index (χ0) is 14.1. The lowest BCUT2D eigenvalue weighted by Crippen LogP contribution is -2.57. The van der Waals surface area contributed by atoms with Gasteiger partial charge in [-0.2, -0.15) is 4.39 Å². The van der Waals surface area contributed by atoms with Gasteiger partial charge in [0.15, 0.2) is 5.82 Å². The number of aromatic nitrogens is 1. The van der Waals surface area contributed by atoms with Crippen LogP contribution in [0.2, 0.25) is 0 Å². The van der Waals surface area contributed by atoms with E-state index in [1.165, 1.54) is 13.8 Å². The van der Waals surface area contributed by atoms with Gasteiger partial charge >= 0.3 is 0 Å². The monoisotopic (exact) mass is 258 g/mol. The molecule has 2 N–H and O–H groups in total. The van der Waals surface area contributed by atoms with E-state index in [9.17, 15) is 18.7 Å². The topological polar surface area (TPSA) is 62.2 Å². The number of carbonyl (C=O) groups excluding carboxylic acids is 1. The molecule has 0 aromatic carbocycles. The Morgan fingerprint density at radius 2 is 1.89 bits per heavy atom. The van der Waals surface area contributed by atoms with Crippen molar-refractivity contribution in [3.63, 3.8) is 0 Å². The van der Waals surface area contributed by atoms with Crippen molar-refractivity contribution in [1.29, 1.82) is 0 Å². The molecule has 0 radical (unpaired) electrons. The summed E-state index contributed by atoms with van der Waals surface area (Å²) in [5, 5.41) is 12.3. The molecule has 0 atom stereocenters. The van der Waals surface area contributed by atoms with Gasteiger partial charge < -0.3 is 10.4 Å². The number of halogens is 2. The number of hydrogen-bond acceptors (Lipinski definition) is 3. The summed E-state index contributed by atoms with van der Waals surface area (Å²) >= 11 is 0. The van der Waals surface area contributed by atoms with E-state index in [0.717, 1.165) is 12.3 Å². The molecule has 100 valence electrons. The van der Waals surface area contributed by atoms with Crippen molar-refractivity contribution in [1.82, 2.24) is 10.3 Å². The Labute approximate surface area is 104 Å². The Balaban J connectivity index is 3.00. The van der Waals surface area contributed by atoms with E-state index < -0.39 is 34.4 Å². The van der Waals surface area contributed by atoms with Crippen molar-refractivity contribution in [2.75, 3.05) is 0 Å². The van der Waals surface area contributed by atoms with E-state index >= 15 is 0 Å². The molecule has 0 saturated carbocycles. The maximum absolute atomic E-state index is 13.4. The van der Waals surface area contributed by atoms with Crippen molar-refractivity contribution >= 4 is 5.91 Å². The predicted molar refractivity (Wildman–Crippen MR) is 62.0 cm³/mol. The summed E-state index contributed by atoms with van der Waals surface area (Å²) in [6, 6.07) is 1.08. The van der Waals surface area contributed by atoms with E-state index in [-0.39, 0.29) is 0 Å². The van der Waals surface area contributed by atoms with Crippen LogP contribution in [-0.2, 0) is 0 Å². The first-order valence-corrected chi connectivity index (χ1v) is 5.41. The van der Waals surface area contributed by atoms with Crippen molar-refractivity contribution in [3.05, 3.63) is 29.6 Å². The van der Waals surface area contributed by atoms with Crippen LogP contribution in [0.15, 0.2) is 12.3 Å². The molecule has 0 aliphatic rings. The minimum atomic E-state index is -1.33. The Morgan fingerprint density at radius 3 is 2.39 bits per heavy atom. The fourth-order valence-corrected chi connectivity index (χ4v) is 1.10. The number of carbonyl (C=O) groups is 1. The Hall–Kier alpha value is -1.56. The third kappa shape index (κ3) is 2.81. The minimum Gasteiger partial charge on any atom is -0.388 e. The maximum Gasteiger partial charge on any atom is 0.254 e.